The third kappa shape index (κ3) is 5.01. The van der Waals surface area contributed by atoms with Crippen molar-refractivity contribution in [3.63, 3.8) is 0 Å². The van der Waals surface area contributed by atoms with Gasteiger partial charge >= 0.3 is 180 Å². The van der Waals surface area contributed by atoms with Crippen LogP contribution in [-0.4, -0.2) is 38.1 Å². The molecular weight excluding hydrogens is 463 g/mol. The first-order chi connectivity index (χ1) is 14.1. The van der Waals surface area contributed by atoms with Crippen LogP contribution in [-0.2, 0) is 7.05 Å². The number of pyridine rings is 2. The monoisotopic (exact) mass is 500 g/mol. The van der Waals surface area contributed by atoms with Crippen LogP contribution in [0.4, 0.5) is 0 Å². The molecular formula is C24H36N4Sn. The molecule has 156 valence electrons. The number of fused-ring (bicyclic) bond motifs is 1. The fourth-order valence-corrected chi connectivity index (χ4v) is 19.8. The summed E-state index contributed by atoms with van der Waals surface area (Å²) in [6.07, 6.45) is 11.6. The van der Waals surface area contributed by atoms with Gasteiger partial charge in [-0.05, 0) is 0 Å². The topological polar surface area (TPSA) is 43.6 Å². The number of hydrogen-bond acceptors (Lipinski definition) is 3. The van der Waals surface area contributed by atoms with E-state index in [-0.39, 0.29) is 0 Å². The van der Waals surface area contributed by atoms with Gasteiger partial charge in [-0.1, -0.05) is 0 Å². The van der Waals surface area contributed by atoms with Crippen LogP contribution in [0.15, 0.2) is 36.7 Å². The molecule has 3 rings (SSSR count). The van der Waals surface area contributed by atoms with Crippen molar-refractivity contribution >= 4 is 33.1 Å². The summed E-state index contributed by atoms with van der Waals surface area (Å²) >= 11 is -2.56. The summed E-state index contributed by atoms with van der Waals surface area (Å²) in [4.78, 5) is 9.69. The number of hydrogen-bond donors (Lipinski definition) is 0. The summed E-state index contributed by atoms with van der Waals surface area (Å²) in [7, 11) is 2.02. The molecule has 0 amide bonds. The molecule has 0 aliphatic carbocycles. The maximum absolute atomic E-state index is 5.39. The van der Waals surface area contributed by atoms with Crippen LogP contribution in [0.25, 0.3) is 22.3 Å². The van der Waals surface area contributed by atoms with Gasteiger partial charge in [0.15, 0.2) is 0 Å². The molecule has 0 aliphatic rings. The van der Waals surface area contributed by atoms with Crippen LogP contribution in [0.3, 0.4) is 0 Å². The molecule has 3 aromatic rings. The van der Waals surface area contributed by atoms with E-state index in [2.05, 4.69) is 44.0 Å². The van der Waals surface area contributed by atoms with E-state index >= 15 is 0 Å². The average Bonchev–Trinajstić information content (AvgIpc) is 3.10. The molecule has 0 atom stereocenters. The van der Waals surface area contributed by atoms with Gasteiger partial charge in [-0.3, -0.25) is 0 Å². The van der Waals surface area contributed by atoms with E-state index in [1.54, 1.807) is 0 Å². The molecule has 0 N–H and O–H groups in total. The van der Waals surface area contributed by atoms with Gasteiger partial charge in [-0.25, -0.2) is 0 Å². The van der Waals surface area contributed by atoms with Gasteiger partial charge in [0.05, 0.1) is 0 Å². The fraction of sp³-hybridized carbons (Fsp3) is 0.542. The van der Waals surface area contributed by atoms with Crippen LogP contribution in [0.1, 0.15) is 59.3 Å². The van der Waals surface area contributed by atoms with Crippen molar-refractivity contribution < 1.29 is 0 Å². The molecule has 29 heavy (non-hydrogen) atoms. The van der Waals surface area contributed by atoms with E-state index in [4.69, 9.17) is 10.1 Å². The number of unbranched alkanes of at least 4 members (excludes halogenated alkanes) is 3. The average molecular weight is 499 g/mol. The molecule has 3 aromatic heterocycles. The van der Waals surface area contributed by atoms with Gasteiger partial charge in [-0.2, -0.15) is 0 Å². The SMILES string of the molecule is CCC[CH2][Sn]([CH2]CCC)([CH2]CCC)[c]1ccc2c(n1)c(-c1cccnc1)nn2C. The van der Waals surface area contributed by atoms with Crippen LogP contribution in [0, 0.1) is 0 Å². The van der Waals surface area contributed by atoms with E-state index in [0.29, 0.717) is 0 Å². The third-order valence-corrected chi connectivity index (χ3v) is 21.3. The number of aromatic nitrogens is 4. The summed E-state index contributed by atoms with van der Waals surface area (Å²) in [5.74, 6) is 0. The van der Waals surface area contributed by atoms with Gasteiger partial charge in [0.25, 0.3) is 0 Å². The van der Waals surface area contributed by atoms with E-state index in [1.807, 2.05) is 30.2 Å². The Morgan fingerprint density at radius 2 is 1.55 bits per heavy atom. The fourth-order valence-electron chi connectivity index (χ4n) is 4.44. The zero-order chi connectivity index (χ0) is 20.7. The Morgan fingerprint density at radius 1 is 0.897 bits per heavy atom. The van der Waals surface area contributed by atoms with Gasteiger partial charge in [0, 0.05) is 0 Å². The normalized spacial score (nSPS) is 12.0. The predicted octanol–water partition coefficient (Wildman–Crippen LogP) is 6.09. The second-order valence-corrected chi connectivity index (χ2v) is 21.4. The minimum absolute atomic E-state index is 0.971. The molecule has 0 fully saturated rings. The summed E-state index contributed by atoms with van der Waals surface area (Å²) in [5, 5.41) is 4.81. The molecule has 0 unspecified atom stereocenters. The second kappa shape index (κ2) is 10.6. The van der Waals surface area contributed by atoms with E-state index in [0.717, 1.165) is 22.3 Å². The molecule has 0 spiro atoms. The molecule has 0 bridgehead atoms. The van der Waals surface area contributed by atoms with E-state index < -0.39 is 18.4 Å². The first-order valence-electron chi connectivity index (χ1n) is 11.4. The Morgan fingerprint density at radius 3 is 2.10 bits per heavy atom. The van der Waals surface area contributed by atoms with Crippen molar-refractivity contribution in [3.8, 4) is 11.3 Å². The molecule has 0 aliphatic heterocycles. The van der Waals surface area contributed by atoms with Crippen molar-refractivity contribution in [3.05, 3.63) is 36.7 Å². The zero-order valence-corrected chi connectivity index (χ0v) is 21.5. The van der Waals surface area contributed by atoms with Crippen molar-refractivity contribution in [2.75, 3.05) is 0 Å². The van der Waals surface area contributed by atoms with E-state index in [1.165, 1.54) is 55.5 Å². The quantitative estimate of drug-likeness (QED) is 0.300. The molecule has 0 aromatic carbocycles. The summed E-state index contributed by atoms with van der Waals surface area (Å²) in [5.41, 5.74) is 4.20. The van der Waals surface area contributed by atoms with Crippen LogP contribution in [0.2, 0.25) is 13.3 Å². The molecule has 4 nitrogen and oxygen atoms in total. The summed E-state index contributed by atoms with van der Waals surface area (Å²) < 4.78 is 7.75. The molecule has 0 radical (unpaired) electrons. The van der Waals surface area contributed by atoms with Crippen molar-refractivity contribution in [2.24, 2.45) is 7.05 Å². The van der Waals surface area contributed by atoms with Gasteiger partial charge in [0.2, 0.25) is 0 Å². The van der Waals surface area contributed by atoms with Crippen LogP contribution < -0.4 is 3.71 Å². The second-order valence-electron chi connectivity index (χ2n) is 8.37. The maximum atomic E-state index is 5.39. The Labute approximate surface area is 180 Å². The van der Waals surface area contributed by atoms with Crippen molar-refractivity contribution in [1.29, 1.82) is 0 Å². The summed E-state index contributed by atoms with van der Waals surface area (Å²) in [6.45, 7) is 6.98. The first kappa shape index (κ1) is 22.3. The van der Waals surface area contributed by atoms with Crippen LogP contribution in [0.5, 0.6) is 0 Å². The Balaban J connectivity index is 2.12. The molecule has 0 saturated carbocycles. The Hall–Kier alpha value is -1.43. The minimum atomic E-state index is -2.56. The number of aryl methyl sites for hydroxylation is 1. The van der Waals surface area contributed by atoms with Crippen LogP contribution >= 0.6 is 0 Å². The number of nitrogens with zero attached hydrogens (tertiary/aromatic N) is 4. The first-order valence-corrected chi connectivity index (χ1v) is 18.9. The predicted molar refractivity (Wildman–Crippen MR) is 126 cm³/mol. The van der Waals surface area contributed by atoms with Crippen molar-refractivity contribution in [1.82, 2.24) is 19.7 Å². The Kier molecular flexibility index (Phi) is 8.10. The van der Waals surface area contributed by atoms with Crippen molar-refractivity contribution in [2.45, 2.75) is 72.6 Å². The Bertz CT molecular complexity index is 882. The zero-order valence-electron chi connectivity index (χ0n) is 18.6. The number of rotatable bonds is 11. The van der Waals surface area contributed by atoms with Gasteiger partial charge in [0.1, 0.15) is 0 Å². The molecule has 0 saturated heterocycles. The van der Waals surface area contributed by atoms with Gasteiger partial charge in [-0.15, -0.1) is 0 Å². The molecule has 5 heteroatoms. The third-order valence-electron chi connectivity index (χ3n) is 6.20. The summed E-state index contributed by atoms with van der Waals surface area (Å²) in [6, 6.07) is 8.71. The van der Waals surface area contributed by atoms with E-state index in [9.17, 15) is 0 Å². The molecule has 3 heterocycles. The standard InChI is InChI=1S/C12H9N4.3C4H9.Sn/c1-16-10-5-3-7-14-12(10)11(15-16)9-4-2-6-13-8-9;3*1-3-4-2;/h2-6,8H,1H3;3*1,3-4H2,2H3;. The van der Waals surface area contributed by atoms with Gasteiger partial charge < -0.3 is 0 Å².